The zero-order chi connectivity index (χ0) is 17.9. The molecule has 0 saturated heterocycles. The first-order valence-corrected chi connectivity index (χ1v) is 8.68. The molecule has 1 aromatic carbocycles. The highest BCUT2D eigenvalue weighted by molar-refractivity contribution is 7.92. The molecular formula is C14H15F2N3O4S. The molecule has 1 aromatic heterocycles. The summed E-state index contributed by atoms with van der Waals surface area (Å²) < 4.78 is 56.3. The number of carbonyl (C=O) groups excluding carboxylic acids is 1. The Morgan fingerprint density at radius 1 is 1.33 bits per heavy atom. The van der Waals surface area contributed by atoms with Crippen LogP contribution in [0.1, 0.15) is 12.2 Å². The molecule has 24 heavy (non-hydrogen) atoms. The van der Waals surface area contributed by atoms with Crippen LogP contribution in [0.2, 0.25) is 0 Å². The lowest BCUT2D eigenvalue weighted by Gasteiger charge is -2.18. The van der Waals surface area contributed by atoms with Crippen molar-refractivity contribution in [1.82, 2.24) is 5.16 Å². The second kappa shape index (κ2) is 6.95. The Labute approximate surface area is 137 Å². The first-order valence-electron chi connectivity index (χ1n) is 6.83. The van der Waals surface area contributed by atoms with Crippen LogP contribution in [0.15, 0.2) is 28.8 Å². The molecule has 2 aromatic rings. The number of nitrogens with zero attached hydrogens (tertiary/aromatic N) is 2. The smallest absolute Gasteiger partial charge is 0.233 e. The second-order valence-electron chi connectivity index (χ2n) is 5.03. The van der Waals surface area contributed by atoms with Gasteiger partial charge in [0.15, 0.2) is 5.82 Å². The lowest BCUT2D eigenvalue weighted by molar-refractivity contribution is -0.116. The summed E-state index contributed by atoms with van der Waals surface area (Å²) in [5, 5.41) is 5.68. The molecule has 0 radical (unpaired) electrons. The first-order chi connectivity index (χ1) is 11.2. The molecule has 0 aliphatic rings. The van der Waals surface area contributed by atoms with E-state index < -0.39 is 33.3 Å². The van der Waals surface area contributed by atoms with Crippen LogP contribution < -0.4 is 9.62 Å². The van der Waals surface area contributed by atoms with Crippen molar-refractivity contribution in [3.05, 3.63) is 41.7 Å². The number of halogens is 2. The predicted molar refractivity (Wildman–Crippen MR) is 83.0 cm³/mol. The van der Waals surface area contributed by atoms with Crippen molar-refractivity contribution in [3.63, 3.8) is 0 Å². The Morgan fingerprint density at radius 3 is 2.46 bits per heavy atom. The summed E-state index contributed by atoms with van der Waals surface area (Å²) in [5.41, 5.74) is -0.578. The topological polar surface area (TPSA) is 92.5 Å². The third kappa shape index (κ3) is 4.28. The van der Waals surface area contributed by atoms with Crippen LogP contribution in [-0.2, 0) is 14.8 Å². The van der Waals surface area contributed by atoms with Gasteiger partial charge in [-0.15, -0.1) is 0 Å². The fourth-order valence-corrected chi connectivity index (χ4v) is 2.79. The molecule has 7 nitrogen and oxygen atoms in total. The van der Waals surface area contributed by atoms with Crippen LogP contribution in [0.4, 0.5) is 20.3 Å². The Balaban J connectivity index is 2.08. The maximum atomic E-state index is 13.5. The summed E-state index contributed by atoms with van der Waals surface area (Å²) in [7, 11) is -3.71. The minimum Gasteiger partial charge on any atom is -0.360 e. The molecule has 1 heterocycles. The van der Waals surface area contributed by atoms with Gasteiger partial charge in [0.25, 0.3) is 0 Å². The van der Waals surface area contributed by atoms with Crippen LogP contribution in [-0.4, -0.2) is 32.3 Å². The van der Waals surface area contributed by atoms with Crippen molar-refractivity contribution in [1.29, 1.82) is 0 Å². The summed E-state index contributed by atoms with van der Waals surface area (Å²) in [4.78, 5) is 11.9. The Hall–Kier alpha value is -2.49. The van der Waals surface area contributed by atoms with E-state index >= 15 is 0 Å². The van der Waals surface area contributed by atoms with Gasteiger partial charge < -0.3 is 9.84 Å². The molecule has 0 bridgehead atoms. The van der Waals surface area contributed by atoms with Crippen molar-refractivity contribution in [2.24, 2.45) is 0 Å². The van der Waals surface area contributed by atoms with Gasteiger partial charge in [0.2, 0.25) is 15.9 Å². The molecule has 0 unspecified atom stereocenters. The molecule has 0 aliphatic heterocycles. The Kier molecular flexibility index (Phi) is 5.17. The van der Waals surface area contributed by atoms with E-state index in [2.05, 4.69) is 10.5 Å². The molecule has 0 atom stereocenters. The quantitative estimate of drug-likeness (QED) is 0.852. The standard InChI is InChI=1S/C14H15F2N3O4S/c1-9-8-12(18-23-9)19(24(2,21)22)7-6-13(20)17-14-10(15)4-3-5-11(14)16/h3-5,8H,6-7H2,1-2H3,(H,17,20). The summed E-state index contributed by atoms with van der Waals surface area (Å²) in [6.45, 7) is 1.33. The van der Waals surface area contributed by atoms with Crippen LogP contribution in [0.25, 0.3) is 0 Å². The van der Waals surface area contributed by atoms with Crippen LogP contribution in [0, 0.1) is 18.6 Å². The molecule has 130 valence electrons. The number of para-hydroxylation sites is 1. The number of aromatic nitrogens is 1. The number of benzene rings is 1. The third-order valence-electron chi connectivity index (χ3n) is 3.04. The number of anilines is 2. The molecule has 1 N–H and O–H groups in total. The number of sulfonamides is 1. The van der Waals surface area contributed by atoms with Gasteiger partial charge in [-0.3, -0.25) is 9.10 Å². The van der Waals surface area contributed by atoms with E-state index in [9.17, 15) is 22.0 Å². The maximum absolute atomic E-state index is 13.5. The number of rotatable bonds is 6. The highest BCUT2D eigenvalue weighted by Gasteiger charge is 2.22. The number of hydrogen-bond donors (Lipinski definition) is 1. The van der Waals surface area contributed by atoms with Crippen molar-refractivity contribution in [3.8, 4) is 0 Å². The van der Waals surface area contributed by atoms with E-state index in [0.29, 0.717) is 5.76 Å². The van der Waals surface area contributed by atoms with Gasteiger partial charge >= 0.3 is 0 Å². The van der Waals surface area contributed by atoms with Gasteiger partial charge in [0, 0.05) is 19.0 Å². The van der Waals surface area contributed by atoms with Crippen LogP contribution in [0.5, 0.6) is 0 Å². The third-order valence-corrected chi connectivity index (χ3v) is 4.21. The first kappa shape index (κ1) is 17.9. The average Bonchev–Trinajstić information content (AvgIpc) is 2.88. The van der Waals surface area contributed by atoms with Crippen molar-refractivity contribution in [2.45, 2.75) is 13.3 Å². The number of hydrogen-bond acceptors (Lipinski definition) is 5. The number of carbonyl (C=O) groups is 1. The van der Waals surface area contributed by atoms with E-state index in [4.69, 9.17) is 4.52 Å². The van der Waals surface area contributed by atoms with Gasteiger partial charge in [-0.25, -0.2) is 17.2 Å². The Bertz CT molecular complexity index is 831. The largest absolute Gasteiger partial charge is 0.360 e. The van der Waals surface area contributed by atoms with Crippen molar-refractivity contribution < 1.29 is 26.5 Å². The molecule has 1 amide bonds. The van der Waals surface area contributed by atoms with Gasteiger partial charge in [0.1, 0.15) is 23.1 Å². The fraction of sp³-hybridized carbons (Fsp3) is 0.286. The second-order valence-corrected chi connectivity index (χ2v) is 6.93. The summed E-state index contributed by atoms with van der Waals surface area (Å²) >= 11 is 0. The van der Waals surface area contributed by atoms with Crippen molar-refractivity contribution in [2.75, 3.05) is 22.4 Å². The van der Waals surface area contributed by atoms with Gasteiger partial charge in [-0.2, -0.15) is 0 Å². The SMILES string of the molecule is Cc1cc(N(CCC(=O)Nc2c(F)cccc2F)S(C)(=O)=O)no1. The molecule has 2 rings (SSSR count). The molecule has 0 saturated carbocycles. The van der Waals surface area contributed by atoms with Gasteiger partial charge in [0.05, 0.1) is 6.26 Å². The van der Waals surface area contributed by atoms with Crippen LogP contribution >= 0.6 is 0 Å². The molecular weight excluding hydrogens is 344 g/mol. The van der Waals surface area contributed by atoms with Gasteiger partial charge in [-0.1, -0.05) is 11.2 Å². The minimum atomic E-state index is -3.71. The number of nitrogens with one attached hydrogen (secondary N) is 1. The molecule has 0 fully saturated rings. The van der Waals surface area contributed by atoms with E-state index in [1.165, 1.54) is 12.1 Å². The Morgan fingerprint density at radius 2 is 1.96 bits per heavy atom. The zero-order valence-electron chi connectivity index (χ0n) is 12.9. The van der Waals surface area contributed by atoms with Crippen LogP contribution in [0.3, 0.4) is 0 Å². The summed E-state index contributed by atoms with van der Waals surface area (Å²) in [6.07, 6.45) is 0.623. The number of aryl methyl sites for hydroxylation is 1. The lowest BCUT2D eigenvalue weighted by atomic mass is 10.2. The summed E-state index contributed by atoms with van der Waals surface area (Å²) in [6, 6.07) is 4.56. The van der Waals surface area contributed by atoms with E-state index in [0.717, 1.165) is 22.7 Å². The minimum absolute atomic E-state index is 0.0277. The van der Waals surface area contributed by atoms with E-state index in [-0.39, 0.29) is 18.8 Å². The highest BCUT2D eigenvalue weighted by Crippen LogP contribution is 2.20. The monoisotopic (exact) mass is 359 g/mol. The van der Waals surface area contributed by atoms with E-state index in [1.54, 1.807) is 6.92 Å². The normalized spacial score (nSPS) is 11.3. The predicted octanol–water partition coefficient (Wildman–Crippen LogP) is 2.06. The lowest BCUT2D eigenvalue weighted by Crippen LogP contribution is -2.33. The fourth-order valence-electron chi connectivity index (χ4n) is 1.94. The summed E-state index contributed by atoms with van der Waals surface area (Å²) in [5.74, 6) is -2.16. The number of amides is 1. The van der Waals surface area contributed by atoms with Crippen molar-refractivity contribution >= 4 is 27.4 Å². The zero-order valence-corrected chi connectivity index (χ0v) is 13.7. The highest BCUT2D eigenvalue weighted by atomic mass is 32.2. The molecule has 0 aliphatic carbocycles. The average molecular weight is 359 g/mol. The molecule has 0 spiro atoms. The maximum Gasteiger partial charge on any atom is 0.233 e. The van der Waals surface area contributed by atoms with Gasteiger partial charge in [-0.05, 0) is 19.1 Å². The molecule has 10 heteroatoms. The van der Waals surface area contributed by atoms with E-state index in [1.807, 2.05) is 0 Å².